The molecule has 1 aliphatic heterocycles. The number of aliphatic hydroxyl groups is 1. The summed E-state index contributed by atoms with van der Waals surface area (Å²) in [6.45, 7) is 20.8. The van der Waals surface area contributed by atoms with Crippen LogP contribution in [-0.4, -0.2) is 66.3 Å². The van der Waals surface area contributed by atoms with E-state index in [9.17, 15) is 9.90 Å². The average Bonchev–Trinajstić information content (AvgIpc) is 2.69. The van der Waals surface area contributed by atoms with Crippen LogP contribution in [0.25, 0.3) is 0 Å². The number of aldehydes is 1. The van der Waals surface area contributed by atoms with Crippen LogP contribution in [0.1, 0.15) is 41.5 Å². The molecule has 4 atom stereocenters. The van der Waals surface area contributed by atoms with Gasteiger partial charge in [0.25, 0.3) is 0 Å². The first-order chi connectivity index (χ1) is 11.4. The van der Waals surface area contributed by atoms with Gasteiger partial charge in [-0.2, -0.15) is 0 Å². The number of carbonyl (C=O) groups excluding carboxylic acids is 1. The zero-order valence-electron chi connectivity index (χ0n) is 18.2. The predicted octanol–water partition coefficient (Wildman–Crippen LogP) is 3.22. The first-order valence-corrected chi connectivity index (χ1v) is 15.1. The molecule has 0 saturated carbocycles. The predicted molar refractivity (Wildman–Crippen MR) is 111 cm³/mol. The van der Waals surface area contributed by atoms with Crippen molar-refractivity contribution in [3.05, 3.63) is 0 Å². The van der Waals surface area contributed by atoms with E-state index in [4.69, 9.17) is 21.4 Å². The van der Waals surface area contributed by atoms with Crippen molar-refractivity contribution >= 4 is 30.8 Å². The Morgan fingerprint density at radius 2 is 1.46 bits per heavy atom. The van der Waals surface area contributed by atoms with Crippen molar-refractivity contribution in [2.45, 2.75) is 102 Å². The van der Waals surface area contributed by atoms with Gasteiger partial charge in [0.15, 0.2) is 28.5 Å². The maximum absolute atomic E-state index is 11.9. The van der Waals surface area contributed by atoms with E-state index in [1.807, 2.05) is 0 Å². The summed E-state index contributed by atoms with van der Waals surface area (Å²) in [5, 5.41) is 9.87. The van der Waals surface area contributed by atoms with E-state index in [-0.39, 0.29) is 10.1 Å². The highest BCUT2D eigenvalue weighted by Gasteiger charge is 2.59. The molecule has 2 radical (unpaired) electrons. The summed E-state index contributed by atoms with van der Waals surface area (Å²) in [7, 11) is 1.78. The van der Waals surface area contributed by atoms with Gasteiger partial charge in [0.1, 0.15) is 14.0 Å². The molecule has 1 unspecified atom stereocenters. The Morgan fingerprint density at radius 1 is 1.04 bits per heavy atom. The molecule has 0 spiro atoms. The number of carbonyl (C=O) groups is 1. The zero-order chi connectivity index (χ0) is 20.8. The largest absolute Gasteiger partial charge is 0.409 e. The van der Waals surface area contributed by atoms with Gasteiger partial charge in [-0.15, -0.1) is 0 Å². The maximum Gasteiger partial charge on any atom is 0.192 e. The van der Waals surface area contributed by atoms with E-state index in [0.717, 1.165) is 0 Å². The van der Waals surface area contributed by atoms with Gasteiger partial charge in [-0.3, -0.25) is 4.79 Å². The Hall–Kier alpha value is 0.00870. The van der Waals surface area contributed by atoms with Crippen LogP contribution < -0.4 is 0 Å². The first-order valence-electron chi connectivity index (χ1n) is 9.30. The highest BCUT2D eigenvalue weighted by molar-refractivity contribution is 6.74. The van der Waals surface area contributed by atoms with Gasteiger partial charge in [0, 0.05) is 6.00 Å². The summed E-state index contributed by atoms with van der Waals surface area (Å²) in [5.41, 5.74) is -1.48. The van der Waals surface area contributed by atoms with Crippen LogP contribution in [0.15, 0.2) is 0 Å². The second-order valence-corrected chi connectivity index (χ2v) is 20.0. The number of hydrogen-bond donors (Lipinski definition) is 1. The molecule has 1 rings (SSSR count). The van der Waals surface area contributed by atoms with Crippen molar-refractivity contribution in [1.29, 1.82) is 0 Å². The van der Waals surface area contributed by atoms with Crippen LogP contribution in [0.4, 0.5) is 0 Å². The van der Waals surface area contributed by atoms with Crippen LogP contribution in [0.3, 0.4) is 0 Å². The number of hydrogen-bond acceptors (Lipinski definition) is 5. The minimum atomic E-state index is -2.25. The zero-order valence-corrected chi connectivity index (χ0v) is 20.2. The third kappa shape index (κ3) is 4.52. The van der Waals surface area contributed by atoms with Crippen LogP contribution >= 0.6 is 0 Å². The number of ether oxygens (including phenoxy) is 1. The molecule has 0 bridgehead atoms. The fraction of sp³-hybridized carbons (Fsp3) is 0.944. The number of rotatable bonds is 6. The first kappa shape index (κ1) is 24.0. The molecule has 1 heterocycles. The quantitative estimate of drug-likeness (QED) is 0.548. The summed E-state index contributed by atoms with van der Waals surface area (Å²) in [5.74, 6) is 0. The molecule has 5 nitrogen and oxygen atoms in total. The molecule has 1 fully saturated rings. The summed E-state index contributed by atoms with van der Waals surface area (Å²) in [4.78, 5) is 11.9. The second kappa shape index (κ2) is 7.44. The molecule has 0 aliphatic carbocycles. The van der Waals surface area contributed by atoms with Gasteiger partial charge < -0.3 is 18.7 Å². The average molecular weight is 400 g/mol. The lowest BCUT2D eigenvalue weighted by molar-refractivity contribution is -0.141. The molecular formula is C18H37BO5Si2. The highest BCUT2D eigenvalue weighted by Crippen LogP contribution is 2.45. The summed E-state index contributed by atoms with van der Waals surface area (Å²) < 4.78 is 18.8. The Balaban J connectivity index is 3.32. The third-order valence-electron chi connectivity index (χ3n) is 6.37. The van der Waals surface area contributed by atoms with E-state index < -0.39 is 47.1 Å². The Labute approximate surface area is 162 Å². The van der Waals surface area contributed by atoms with Gasteiger partial charge in [-0.05, 0) is 36.3 Å². The standard InChI is InChI=1S/C18H37BO5Si2/c1-16(2,3)25(7,8)23-13-14(24-26(9,10)17(4,5)6)18(11-20,12-21)22-15(13)19/h11,13-15,21H,12H2,1-10H3/t13?,14-,15+,18-/m0/s1. The minimum Gasteiger partial charge on any atom is -0.409 e. The van der Waals surface area contributed by atoms with Crippen molar-refractivity contribution in [2.24, 2.45) is 0 Å². The Kier molecular flexibility index (Phi) is 6.88. The lowest BCUT2D eigenvalue weighted by Crippen LogP contribution is -2.58. The summed E-state index contributed by atoms with van der Waals surface area (Å²) in [6.07, 6.45) is -0.697. The molecule has 150 valence electrons. The van der Waals surface area contributed by atoms with Gasteiger partial charge >= 0.3 is 0 Å². The molecule has 0 aromatic rings. The normalized spacial score (nSPS) is 31.3. The van der Waals surface area contributed by atoms with Crippen molar-refractivity contribution in [2.75, 3.05) is 6.61 Å². The van der Waals surface area contributed by atoms with Crippen molar-refractivity contribution in [3.8, 4) is 0 Å². The molecule has 0 aromatic heterocycles. The molecule has 1 saturated heterocycles. The van der Waals surface area contributed by atoms with E-state index in [1.165, 1.54) is 0 Å². The maximum atomic E-state index is 11.9. The van der Waals surface area contributed by atoms with E-state index in [2.05, 4.69) is 67.7 Å². The second-order valence-electron chi connectivity index (χ2n) is 10.5. The fourth-order valence-corrected chi connectivity index (χ4v) is 5.02. The van der Waals surface area contributed by atoms with Gasteiger partial charge in [-0.25, -0.2) is 0 Å². The molecule has 0 aromatic carbocycles. The molecule has 0 amide bonds. The number of aliphatic hydroxyl groups excluding tert-OH is 1. The monoisotopic (exact) mass is 400 g/mol. The SMILES string of the molecule is [B][C@@H]1O[C@@](C=O)(CO)[C@@H](O[Si](C)(C)C(C)(C)C)C1O[Si](C)(C)C(C)(C)C. The molecular weight excluding hydrogens is 363 g/mol. The lowest BCUT2D eigenvalue weighted by Gasteiger charge is -2.45. The van der Waals surface area contributed by atoms with Crippen LogP contribution in [0.5, 0.6) is 0 Å². The van der Waals surface area contributed by atoms with Crippen LogP contribution in [0, 0.1) is 0 Å². The fourth-order valence-electron chi connectivity index (χ4n) is 2.40. The van der Waals surface area contributed by atoms with Crippen LogP contribution in [0.2, 0.25) is 36.3 Å². The summed E-state index contributed by atoms with van der Waals surface area (Å²) in [6, 6.07) is -0.823. The van der Waals surface area contributed by atoms with Crippen molar-refractivity contribution in [3.63, 3.8) is 0 Å². The lowest BCUT2D eigenvalue weighted by atomic mass is 9.90. The third-order valence-corrected chi connectivity index (χ3v) is 15.3. The van der Waals surface area contributed by atoms with E-state index in [0.29, 0.717) is 6.29 Å². The van der Waals surface area contributed by atoms with Gasteiger partial charge in [0.2, 0.25) is 0 Å². The summed E-state index contributed by atoms with van der Waals surface area (Å²) >= 11 is 0. The van der Waals surface area contributed by atoms with Gasteiger partial charge in [-0.1, -0.05) is 41.5 Å². The van der Waals surface area contributed by atoms with Gasteiger partial charge in [0.05, 0.1) is 12.7 Å². The van der Waals surface area contributed by atoms with Crippen LogP contribution in [-0.2, 0) is 18.4 Å². The Morgan fingerprint density at radius 3 is 1.81 bits per heavy atom. The van der Waals surface area contributed by atoms with E-state index >= 15 is 0 Å². The van der Waals surface area contributed by atoms with Crippen molar-refractivity contribution < 1.29 is 23.5 Å². The Bertz CT molecular complexity index is 513. The molecule has 1 N–H and O–H groups in total. The molecule has 8 heteroatoms. The van der Waals surface area contributed by atoms with E-state index in [1.54, 1.807) is 0 Å². The smallest absolute Gasteiger partial charge is 0.192 e. The highest BCUT2D eigenvalue weighted by atomic mass is 28.4. The molecule has 1 aliphatic rings. The minimum absolute atomic E-state index is 0.0279. The molecule has 26 heavy (non-hydrogen) atoms. The van der Waals surface area contributed by atoms with Crippen molar-refractivity contribution in [1.82, 2.24) is 0 Å². The topological polar surface area (TPSA) is 65.0 Å².